The Balaban J connectivity index is 1.68. The molecule has 0 saturated carbocycles. The smallest absolute Gasteiger partial charge is 0.161 e. The van der Waals surface area contributed by atoms with Crippen LogP contribution in [0.3, 0.4) is 0 Å². The van der Waals surface area contributed by atoms with Crippen molar-refractivity contribution in [1.82, 2.24) is 4.98 Å². The van der Waals surface area contributed by atoms with Crippen molar-refractivity contribution in [2.24, 2.45) is 0 Å². The zero-order chi connectivity index (χ0) is 22.3. The molecule has 2 aromatic heterocycles. The molecular formula is C30H29NO. The average molecular weight is 420 g/mol. The van der Waals surface area contributed by atoms with Gasteiger partial charge in [-0.15, -0.1) is 0 Å². The highest BCUT2D eigenvalue weighted by Crippen LogP contribution is 2.48. The van der Waals surface area contributed by atoms with Gasteiger partial charge in [0.05, 0.1) is 0 Å². The van der Waals surface area contributed by atoms with Gasteiger partial charge >= 0.3 is 0 Å². The third-order valence-corrected chi connectivity index (χ3v) is 7.76. The van der Waals surface area contributed by atoms with E-state index in [9.17, 15) is 0 Å². The summed E-state index contributed by atoms with van der Waals surface area (Å²) < 4.78 is 6.58. The second-order valence-electron chi connectivity index (χ2n) is 10.8. The van der Waals surface area contributed by atoms with Crippen LogP contribution in [0.1, 0.15) is 57.2 Å². The van der Waals surface area contributed by atoms with E-state index in [1.54, 1.807) is 0 Å². The summed E-state index contributed by atoms with van der Waals surface area (Å²) in [6.45, 7) is 11.6. The number of pyridine rings is 1. The van der Waals surface area contributed by atoms with Crippen LogP contribution in [0.25, 0.3) is 44.0 Å². The molecule has 1 aliphatic carbocycles. The van der Waals surface area contributed by atoms with Gasteiger partial charge in [-0.2, -0.15) is 0 Å². The van der Waals surface area contributed by atoms with Crippen molar-refractivity contribution in [1.29, 1.82) is 0 Å². The van der Waals surface area contributed by atoms with Gasteiger partial charge in [0.1, 0.15) is 11.3 Å². The lowest BCUT2D eigenvalue weighted by atomic mass is 9.63. The molecule has 32 heavy (non-hydrogen) atoms. The molecule has 0 N–H and O–H groups in total. The van der Waals surface area contributed by atoms with Crippen LogP contribution in [-0.2, 0) is 10.8 Å². The largest absolute Gasteiger partial charge is 0.454 e. The Labute approximate surface area is 189 Å². The minimum atomic E-state index is 0.159. The van der Waals surface area contributed by atoms with Gasteiger partial charge in [-0.3, -0.25) is 4.98 Å². The second kappa shape index (κ2) is 6.45. The molecule has 1 aliphatic rings. The van der Waals surface area contributed by atoms with Crippen LogP contribution in [0.4, 0.5) is 0 Å². The molecule has 2 heteroatoms. The molecule has 2 nitrogen and oxygen atoms in total. The maximum atomic E-state index is 6.58. The third-order valence-electron chi connectivity index (χ3n) is 7.76. The maximum Gasteiger partial charge on any atom is 0.161 e. The van der Waals surface area contributed by atoms with E-state index in [2.05, 4.69) is 89.2 Å². The van der Waals surface area contributed by atoms with Gasteiger partial charge in [-0.25, -0.2) is 0 Å². The van der Waals surface area contributed by atoms with Crippen LogP contribution in [-0.4, -0.2) is 4.98 Å². The minimum Gasteiger partial charge on any atom is -0.454 e. The average Bonchev–Trinajstić information content (AvgIpc) is 3.15. The van der Waals surface area contributed by atoms with Crippen LogP contribution >= 0.6 is 0 Å². The molecule has 0 fully saturated rings. The Morgan fingerprint density at radius 2 is 1.44 bits per heavy atom. The lowest BCUT2D eigenvalue weighted by Gasteiger charge is -2.41. The molecule has 0 saturated heterocycles. The zero-order valence-corrected chi connectivity index (χ0v) is 19.5. The van der Waals surface area contributed by atoms with E-state index >= 15 is 0 Å². The first-order valence-corrected chi connectivity index (χ1v) is 11.6. The Morgan fingerprint density at radius 3 is 2.19 bits per heavy atom. The summed E-state index contributed by atoms with van der Waals surface area (Å²) in [4.78, 5) is 4.81. The van der Waals surface area contributed by atoms with Gasteiger partial charge in [-0.1, -0.05) is 64.1 Å². The van der Waals surface area contributed by atoms with Gasteiger partial charge in [0.25, 0.3) is 0 Å². The summed E-state index contributed by atoms with van der Waals surface area (Å²) in [6, 6.07) is 19.8. The number of hydrogen-bond donors (Lipinski definition) is 0. The summed E-state index contributed by atoms with van der Waals surface area (Å²) in [5.41, 5.74) is 8.40. The summed E-state index contributed by atoms with van der Waals surface area (Å²) in [5, 5.41) is 4.83. The van der Waals surface area contributed by atoms with Gasteiger partial charge in [-0.05, 0) is 76.3 Å². The standard InChI is InChI=1S/C30H29NO/c1-18-10-11-21(20-9-7-6-8-19(18)20)27-28-22(12-15-31-27)23-16-24-25(17-26(23)32-28)30(4,5)14-13-29(24,2)3/h6-12,15-17H,13-14H2,1-5H3. The Hall–Kier alpha value is -3.13. The van der Waals surface area contributed by atoms with E-state index < -0.39 is 0 Å². The minimum absolute atomic E-state index is 0.159. The lowest BCUT2D eigenvalue weighted by Crippen LogP contribution is -2.33. The van der Waals surface area contributed by atoms with E-state index in [0.29, 0.717) is 0 Å². The number of fused-ring (bicyclic) bond motifs is 5. The van der Waals surface area contributed by atoms with E-state index in [0.717, 1.165) is 27.8 Å². The van der Waals surface area contributed by atoms with Crippen molar-refractivity contribution in [3.05, 3.63) is 77.5 Å². The molecule has 0 aliphatic heterocycles. The number of benzene rings is 3. The van der Waals surface area contributed by atoms with Crippen molar-refractivity contribution >= 4 is 32.7 Å². The molecule has 0 atom stereocenters. The van der Waals surface area contributed by atoms with Crippen molar-refractivity contribution in [2.45, 2.75) is 58.3 Å². The molecule has 5 aromatic rings. The van der Waals surface area contributed by atoms with Crippen LogP contribution in [0, 0.1) is 6.92 Å². The molecule has 0 unspecified atom stereocenters. The van der Waals surface area contributed by atoms with Gasteiger partial charge in [0, 0.05) is 22.5 Å². The van der Waals surface area contributed by atoms with E-state index in [-0.39, 0.29) is 10.8 Å². The highest BCUT2D eigenvalue weighted by molar-refractivity contribution is 6.11. The molecule has 3 aromatic carbocycles. The predicted octanol–water partition coefficient (Wildman–Crippen LogP) is 8.46. The van der Waals surface area contributed by atoms with Crippen molar-refractivity contribution in [3.8, 4) is 11.3 Å². The Morgan fingerprint density at radius 1 is 0.750 bits per heavy atom. The fourth-order valence-electron chi connectivity index (χ4n) is 5.61. The number of rotatable bonds is 1. The lowest BCUT2D eigenvalue weighted by molar-refractivity contribution is 0.332. The molecule has 2 heterocycles. The first kappa shape index (κ1) is 19.5. The van der Waals surface area contributed by atoms with Crippen LogP contribution in [0.15, 0.2) is 65.2 Å². The van der Waals surface area contributed by atoms with E-state index in [1.165, 1.54) is 45.7 Å². The highest BCUT2D eigenvalue weighted by atomic mass is 16.3. The summed E-state index contributed by atoms with van der Waals surface area (Å²) >= 11 is 0. The SMILES string of the molecule is Cc1ccc(-c2nccc3c2oc2cc4c(cc23)C(C)(C)CCC4(C)C)c2ccccc12. The summed E-state index contributed by atoms with van der Waals surface area (Å²) in [7, 11) is 0. The topological polar surface area (TPSA) is 26.0 Å². The van der Waals surface area contributed by atoms with Crippen LogP contribution < -0.4 is 0 Å². The molecule has 0 bridgehead atoms. The molecule has 0 radical (unpaired) electrons. The van der Waals surface area contributed by atoms with Gasteiger partial charge < -0.3 is 4.42 Å². The fourth-order valence-corrected chi connectivity index (χ4v) is 5.61. The number of furan rings is 1. The number of nitrogens with zero attached hydrogens (tertiary/aromatic N) is 1. The van der Waals surface area contributed by atoms with Crippen molar-refractivity contribution < 1.29 is 4.42 Å². The van der Waals surface area contributed by atoms with E-state index in [4.69, 9.17) is 9.40 Å². The van der Waals surface area contributed by atoms with Crippen molar-refractivity contribution in [3.63, 3.8) is 0 Å². The van der Waals surface area contributed by atoms with Crippen molar-refractivity contribution in [2.75, 3.05) is 0 Å². The summed E-state index contributed by atoms with van der Waals surface area (Å²) in [5.74, 6) is 0. The molecule has 6 rings (SSSR count). The third kappa shape index (κ3) is 2.68. The Bertz CT molecular complexity index is 1530. The Kier molecular flexibility index (Phi) is 3.94. The number of aryl methyl sites for hydroxylation is 1. The number of hydrogen-bond acceptors (Lipinski definition) is 2. The normalized spacial score (nSPS) is 17.2. The van der Waals surface area contributed by atoms with Gasteiger partial charge in [0.15, 0.2) is 5.58 Å². The zero-order valence-electron chi connectivity index (χ0n) is 19.5. The fraction of sp³-hybridized carbons (Fsp3) is 0.300. The first-order chi connectivity index (χ1) is 15.3. The predicted molar refractivity (Wildman–Crippen MR) is 134 cm³/mol. The second-order valence-corrected chi connectivity index (χ2v) is 10.8. The quantitative estimate of drug-likeness (QED) is 0.272. The van der Waals surface area contributed by atoms with Crippen LogP contribution in [0.5, 0.6) is 0 Å². The highest BCUT2D eigenvalue weighted by Gasteiger charge is 2.37. The first-order valence-electron chi connectivity index (χ1n) is 11.6. The molecular weight excluding hydrogens is 390 g/mol. The maximum absolute atomic E-state index is 6.58. The molecule has 0 amide bonds. The van der Waals surface area contributed by atoms with E-state index in [1.807, 2.05) is 6.20 Å². The van der Waals surface area contributed by atoms with Gasteiger partial charge in [0.2, 0.25) is 0 Å². The number of aromatic nitrogens is 1. The molecule has 0 spiro atoms. The molecule has 160 valence electrons. The monoisotopic (exact) mass is 419 g/mol. The van der Waals surface area contributed by atoms with Crippen LogP contribution in [0.2, 0.25) is 0 Å². The summed E-state index contributed by atoms with van der Waals surface area (Å²) in [6.07, 6.45) is 4.33.